The SMILES string of the molecule is O=C(NC(=S)Nc1cccc(-c2nc3ncccc3o2)c1)c1cccc(Cl)c1. The molecule has 0 radical (unpaired) electrons. The van der Waals surface area contributed by atoms with Crippen molar-refractivity contribution in [2.75, 3.05) is 5.32 Å². The molecule has 2 N–H and O–H groups in total. The molecule has 2 heterocycles. The maximum atomic E-state index is 12.3. The van der Waals surface area contributed by atoms with Crippen LogP contribution in [-0.2, 0) is 0 Å². The highest BCUT2D eigenvalue weighted by Crippen LogP contribution is 2.25. The first-order chi connectivity index (χ1) is 13.6. The summed E-state index contributed by atoms with van der Waals surface area (Å²) in [4.78, 5) is 20.8. The number of hydrogen-bond acceptors (Lipinski definition) is 5. The Morgan fingerprint density at radius 3 is 2.75 bits per heavy atom. The normalized spacial score (nSPS) is 10.6. The first-order valence-electron chi connectivity index (χ1n) is 8.28. The lowest BCUT2D eigenvalue weighted by atomic mass is 10.2. The Hall–Kier alpha value is -3.29. The Bertz CT molecular complexity index is 1160. The lowest BCUT2D eigenvalue weighted by molar-refractivity contribution is 0.0977. The molecule has 0 aliphatic rings. The Morgan fingerprint density at radius 1 is 1.07 bits per heavy atom. The second-order valence-electron chi connectivity index (χ2n) is 5.84. The van der Waals surface area contributed by atoms with Gasteiger partial charge in [0, 0.05) is 28.0 Å². The number of pyridine rings is 1. The van der Waals surface area contributed by atoms with Crippen LogP contribution in [0.2, 0.25) is 5.02 Å². The predicted molar refractivity (Wildman–Crippen MR) is 112 cm³/mol. The lowest BCUT2D eigenvalue weighted by Crippen LogP contribution is -2.34. The molecule has 0 saturated carbocycles. The number of halogens is 1. The Balaban J connectivity index is 1.48. The van der Waals surface area contributed by atoms with Crippen molar-refractivity contribution in [3.8, 4) is 11.5 Å². The minimum absolute atomic E-state index is 0.168. The average molecular weight is 409 g/mol. The van der Waals surface area contributed by atoms with Crippen molar-refractivity contribution in [1.82, 2.24) is 15.3 Å². The van der Waals surface area contributed by atoms with Crippen molar-refractivity contribution in [2.45, 2.75) is 0 Å². The number of nitrogens with zero attached hydrogens (tertiary/aromatic N) is 2. The zero-order valence-corrected chi connectivity index (χ0v) is 15.9. The third-order valence-corrected chi connectivity index (χ3v) is 4.29. The molecule has 1 amide bonds. The Labute approximate surface area is 170 Å². The molecule has 0 spiro atoms. The number of oxazole rings is 1. The molecule has 0 saturated heterocycles. The van der Waals surface area contributed by atoms with E-state index in [-0.39, 0.29) is 11.0 Å². The summed E-state index contributed by atoms with van der Waals surface area (Å²) in [5.74, 6) is 0.104. The topological polar surface area (TPSA) is 80.0 Å². The first-order valence-corrected chi connectivity index (χ1v) is 9.07. The molecule has 2 aromatic heterocycles. The van der Waals surface area contributed by atoms with Crippen LogP contribution in [0.25, 0.3) is 22.7 Å². The number of carbonyl (C=O) groups is 1. The van der Waals surface area contributed by atoms with Gasteiger partial charge in [-0.15, -0.1) is 0 Å². The second-order valence-corrected chi connectivity index (χ2v) is 6.69. The number of fused-ring (bicyclic) bond motifs is 1. The van der Waals surface area contributed by atoms with Crippen LogP contribution in [0.5, 0.6) is 0 Å². The minimum Gasteiger partial charge on any atom is -0.434 e. The third-order valence-electron chi connectivity index (χ3n) is 3.85. The quantitative estimate of drug-likeness (QED) is 0.479. The van der Waals surface area contributed by atoms with Crippen LogP contribution in [-0.4, -0.2) is 21.0 Å². The number of amides is 1. The molecule has 138 valence electrons. The average Bonchev–Trinajstić information content (AvgIpc) is 3.12. The molecule has 8 heteroatoms. The Kier molecular flexibility index (Phi) is 5.01. The van der Waals surface area contributed by atoms with Gasteiger partial charge in [0.2, 0.25) is 5.89 Å². The summed E-state index contributed by atoms with van der Waals surface area (Å²) in [6.45, 7) is 0. The van der Waals surface area contributed by atoms with Crippen molar-refractivity contribution < 1.29 is 9.21 Å². The minimum atomic E-state index is -0.346. The Morgan fingerprint density at radius 2 is 1.93 bits per heavy atom. The maximum absolute atomic E-state index is 12.3. The van der Waals surface area contributed by atoms with Gasteiger partial charge >= 0.3 is 0 Å². The summed E-state index contributed by atoms with van der Waals surface area (Å²) in [7, 11) is 0. The number of thiocarbonyl (C=S) groups is 1. The highest BCUT2D eigenvalue weighted by atomic mass is 35.5. The monoisotopic (exact) mass is 408 g/mol. The number of rotatable bonds is 3. The van der Waals surface area contributed by atoms with Gasteiger partial charge in [-0.05, 0) is 60.7 Å². The van der Waals surface area contributed by atoms with Gasteiger partial charge in [-0.25, -0.2) is 4.98 Å². The molecule has 2 aromatic carbocycles. The second kappa shape index (κ2) is 7.75. The zero-order chi connectivity index (χ0) is 19.5. The van der Waals surface area contributed by atoms with E-state index in [4.69, 9.17) is 28.2 Å². The van der Waals surface area contributed by atoms with Crippen LogP contribution < -0.4 is 10.6 Å². The van der Waals surface area contributed by atoms with Gasteiger partial charge in [0.05, 0.1) is 0 Å². The number of hydrogen-bond donors (Lipinski definition) is 2. The molecule has 0 unspecified atom stereocenters. The van der Waals surface area contributed by atoms with Gasteiger partial charge in [0.15, 0.2) is 16.3 Å². The van der Waals surface area contributed by atoms with E-state index in [1.807, 2.05) is 24.3 Å². The molecular formula is C20H13ClN4O2S. The molecular weight excluding hydrogens is 396 g/mol. The zero-order valence-electron chi connectivity index (χ0n) is 14.3. The van der Waals surface area contributed by atoms with Gasteiger partial charge in [-0.2, -0.15) is 4.98 Å². The molecule has 4 aromatic rings. The van der Waals surface area contributed by atoms with Crippen molar-refractivity contribution in [2.24, 2.45) is 0 Å². The predicted octanol–water partition coefficient (Wildman–Crippen LogP) is 4.67. The molecule has 0 fully saturated rings. The van der Waals surface area contributed by atoms with Crippen molar-refractivity contribution >= 4 is 51.8 Å². The van der Waals surface area contributed by atoms with E-state index in [0.717, 1.165) is 5.56 Å². The van der Waals surface area contributed by atoms with Gasteiger partial charge in [-0.3, -0.25) is 10.1 Å². The van der Waals surface area contributed by atoms with E-state index in [1.54, 1.807) is 42.6 Å². The smallest absolute Gasteiger partial charge is 0.257 e. The molecule has 0 aliphatic heterocycles. The lowest BCUT2D eigenvalue weighted by Gasteiger charge is -2.10. The largest absolute Gasteiger partial charge is 0.434 e. The summed E-state index contributed by atoms with van der Waals surface area (Å²) in [5, 5.41) is 6.26. The van der Waals surface area contributed by atoms with Gasteiger partial charge in [0.25, 0.3) is 5.91 Å². The number of anilines is 1. The van der Waals surface area contributed by atoms with E-state index >= 15 is 0 Å². The molecule has 0 atom stereocenters. The van der Waals surface area contributed by atoms with Gasteiger partial charge in [-0.1, -0.05) is 23.7 Å². The first kappa shape index (κ1) is 18.1. The standard InChI is InChI=1S/C20H13ClN4O2S/c21-14-6-1-4-12(10-14)18(26)25-20(28)23-15-7-2-5-13(11-15)19-24-17-16(27-19)8-3-9-22-17/h1-11H,(H2,23,25,26,28). The highest BCUT2D eigenvalue weighted by Gasteiger charge is 2.11. The van der Waals surface area contributed by atoms with Crippen LogP contribution in [0.15, 0.2) is 71.3 Å². The molecule has 4 rings (SSSR count). The molecule has 0 bridgehead atoms. The van der Waals surface area contributed by atoms with Crippen molar-refractivity contribution in [3.63, 3.8) is 0 Å². The van der Waals surface area contributed by atoms with Crippen molar-refractivity contribution in [3.05, 3.63) is 77.4 Å². The van der Waals surface area contributed by atoms with Crippen LogP contribution in [0.3, 0.4) is 0 Å². The number of carbonyl (C=O) groups excluding carboxylic acids is 1. The number of benzene rings is 2. The van der Waals surface area contributed by atoms with Crippen LogP contribution in [0.4, 0.5) is 5.69 Å². The van der Waals surface area contributed by atoms with Gasteiger partial charge < -0.3 is 9.73 Å². The van der Waals surface area contributed by atoms with Gasteiger partial charge in [0.1, 0.15) is 0 Å². The van der Waals surface area contributed by atoms with E-state index in [9.17, 15) is 4.79 Å². The fourth-order valence-electron chi connectivity index (χ4n) is 2.59. The number of nitrogens with one attached hydrogen (secondary N) is 2. The fourth-order valence-corrected chi connectivity index (χ4v) is 2.99. The van der Waals surface area contributed by atoms with Crippen LogP contribution in [0, 0.1) is 0 Å². The summed E-state index contributed by atoms with van der Waals surface area (Å²) in [6, 6.07) is 17.6. The summed E-state index contributed by atoms with van der Waals surface area (Å²) >= 11 is 11.1. The maximum Gasteiger partial charge on any atom is 0.257 e. The number of aromatic nitrogens is 2. The molecule has 28 heavy (non-hydrogen) atoms. The van der Waals surface area contributed by atoms with Crippen LogP contribution in [0.1, 0.15) is 10.4 Å². The van der Waals surface area contributed by atoms with E-state index < -0.39 is 0 Å². The van der Waals surface area contributed by atoms with E-state index in [2.05, 4.69) is 20.6 Å². The fraction of sp³-hybridized carbons (Fsp3) is 0. The third kappa shape index (κ3) is 4.00. The molecule has 6 nitrogen and oxygen atoms in total. The van der Waals surface area contributed by atoms with E-state index in [0.29, 0.717) is 33.4 Å². The summed E-state index contributed by atoms with van der Waals surface area (Å²) < 4.78 is 5.73. The highest BCUT2D eigenvalue weighted by molar-refractivity contribution is 7.80. The summed E-state index contributed by atoms with van der Waals surface area (Å²) in [5.41, 5.74) is 3.01. The van der Waals surface area contributed by atoms with Crippen LogP contribution >= 0.6 is 23.8 Å². The molecule has 0 aliphatic carbocycles. The van der Waals surface area contributed by atoms with Crippen molar-refractivity contribution in [1.29, 1.82) is 0 Å². The summed E-state index contributed by atoms with van der Waals surface area (Å²) in [6.07, 6.45) is 1.66. The van der Waals surface area contributed by atoms with E-state index in [1.165, 1.54) is 0 Å².